The molecule has 7 heteroatoms. The van der Waals surface area contributed by atoms with Gasteiger partial charge in [-0.05, 0) is 30.3 Å². The van der Waals surface area contributed by atoms with Crippen LogP contribution >= 0.6 is 0 Å². The molecular weight excluding hydrogens is 322 g/mol. The number of quaternary nitrogens is 1. The van der Waals surface area contributed by atoms with Crippen molar-refractivity contribution in [2.45, 2.75) is 18.2 Å². The van der Waals surface area contributed by atoms with Crippen molar-refractivity contribution in [3.63, 3.8) is 0 Å². The first-order valence-corrected chi connectivity index (χ1v) is 8.09. The molecule has 3 rings (SSSR count). The Morgan fingerprint density at radius 1 is 1.20 bits per heavy atom. The van der Waals surface area contributed by atoms with Crippen LogP contribution in [-0.2, 0) is 14.3 Å². The molecule has 1 aromatic heterocycles. The first kappa shape index (κ1) is 17.3. The maximum absolute atomic E-state index is 12.4. The van der Waals surface area contributed by atoms with Gasteiger partial charge in [0.1, 0.15) is 6.54 Å². The number of benzene rings is 1. The van der Waals surface area contributed by atoms with Gasteiger partial charge in [0.25, 0.3) is 11.5 Å². The van der Waals surface area contributed by atoms with Gasteiger partial charge in [-0.1, -0.05) is 6.07 Å². The van der Waals surface area contributed by atoms with E-state index in [0.29, 0.717) is 18.7 Å². The predicted octanol–water partition coefficient (Wildman–Crippen LogP) is 0.101. The van der Waals surface area contributed by atoms with Crippen LogP contribution in [0.1, 0.15) is 6.42 Å². The van der Waals surface area contributed by atoms with Crippen LogP contribution in [0.25, 0.3) is 5.69 Å². The number of carbonyl (C=O) groups excluding carboxylic acids is 1. The third-order valence-electron chi connectivity index (χ3n) is 4.56. The summed E-state index contributed by atoms with van der Waals surface area (Å²) in [6, 6.07) is 11.9. The van der Waals surface area contributed by atoms with Gasteiger partial charge in [0.05, 0.1) is 6.42 Å². The van der Waals surface area contributed by atoms with E-state index in [-0.39, 0.29) is 17.5 Å². The first-order chi connectivity index (χ1) is 12.1. The van der Waals surface area contributed by atoms with Gasteiger partial charge < -0.3 is 20.1 Å². The molecule has 2 aromatic rings. The van der Waals surface area contributed by atoms with Gasteiger partial charge in [0.2, 0.25) is 5.79 Å². The Labute approximate surface area is 145 Å². The van der Waals surface area contributed by atoms with Crippen LogP contribution in [0.3, 0.4) is 0 Å². The fourth-order valence-electron chi connectivity index (χ4n) is 3.02. The summed E-state index contributed by atoms with van der Waals surface area (Å²) in [4.78, 5) is 24.3. The molecular formula is C18H22N3O4+. The summed E-state index contributed by atoms with van der Waals surface area (Å²) in [6.07, 6.45) is 2.20. The number of nitrogens with two attached hydrogens (primary N) is 1. The molecule has 1 saturated heterocycles. The Hall–Kier alpha value is -2.48. The number of anilines is 1. The summed E-state index contributed by atoms with van der Waals surface area (Å²) in [5.41, 5.74) is 1.32. The molecule has 132 valence electrons. The van der Waals surface area contributed by atoms with Crippen molar-refractivity contribution in [2.75, 3.05) is 26.1 Å². The summed E-state index contributed by atoms with van der Waals surface area (Å²) in [5, 5.41) is 4.81. The number of hydrogen-bond donors (Lipinski definition) is 2. The molecule has 0 spiro atoms. The third kappa shape index (κ3) is 3.63. The van der Waals surface area contributed by atoms with Crippen molar-refractivity contribution in [3.05, 3.63) is 59.0 Å². The molecule has 0 radical (unpaired) electrons. The zero-order valence-corrected chi connectivity index (χ0v) is 14.3. The highest BCUT2D eigenvalue weighted by Crippen LogP contribution is 2.20. The highest BCUT2D eigenvalue weighted by molar-refractivity contribution is 5.94. The predicted molar refractivity (Wildman–Crippen MR) is 92.6 cm³/mol. The molecule has 7 nitrogen and oxygen atoms in total. The Morgan fingerprint density at radius 3 is 2.52 bits per heavy atom. The smallest absolute Gasteiger partial charge is 0.282 e. The second-order valence-corrected chi connectivity index (χ2v) is 6.01. The minimum absolute atomic E-state index is 0.0967. The Bertz CT molecular complexity index is 796. The number of carbonyl (C=O) groups is 1. The monoisotopic (exact) mass is 344 g/mol. The van der Waals surface area contributed by atoms with E-state index in [1.165, 1.54) is 6.07 Å². The Balaban J connectivity index is 1.67. The Kier molecular flexibility index (Phi) is 4.98. The molecule has 1 fully saturated rings. The number of pyridine rings is 1. The fourth-order valence-corrected chi connectivity index (χ4v) is 3.02. The van der Waals surface area contributed by atoms with E-state index >= 15 is 0 Å². The van der Waals surface area contributed by atoms with Crippen LogP contribution in [0.15, 0.2) is 53.5 Å². The lowest BCUT2D eigenvalue weighted by molar-refractivity contribution is -0.665. The number of nitrogens with one attached hydrogen (secondary N) is 1. The minimum atomic E-state index is -0.708. The van der Waals surface area contributed by atoms with E-state index in [2.05, 4.69) is 5.32 Å². The van der Waals surface area contributed by atoms with Crippen molar-refractivity contribution in [1.82, 2.24) is 4.57 Å². The molecule has 1 aliphatic rings. The topological polar surface area (TPSA) is 86.2 Å². The molecule has 25 heavy (non-hydrogen) atoms. The average Bonchev–Trinajstić information content (AvgIpc) is 3.08. The maximum atomic E-state index is 12.4. The lowest BCUT2D eigenvalue weighted by Crippen LogP contribution is -2.90. The van der Waals surface area contributed by atoms with Crippen molar-refractivity contribution in [3.8, 4) is 5.69 Å². The SMILES string of the molecule is COC1(OC)C[NH2+][C@@H](C(=O)Nc2ccc(-n3ccccc3=O)cc2)C1. The number of nitrogens with zero attached hydrogens (tertiary/aromatic N) is 1. The van der Waals surface area contributed by atoms with E-state index < -0.39 is 5.79 Å². The second kappa shape index (κ2) is 7.18. The van der Waals surface area contributed by atoms with Crippen molar-refractivity contribution >= 4 is 11.6 Å². The second-order valence-electron chi connectivity index (χ2n) is 6.01. The molecule has 1 aromatic carbocycles. The van der Waals surface area contributed by atoms with Gasteiger partial charge in [0.15, 0.2) is 6.04 Å². The molecule has 2 heterocycles. The van der Waals surface area contributed by atoms with Crippen LogP contribution < -0.4 is 16.2 Å². The van der Waals surface area contributed by atoms with Crippen molar-refractivity contribution in [2.24, 2.45) is 0 Å². The molecule has 0 saturated carbocycles. The average molecular weight is 344 g/mol. The maximum Gasteiger partial charge on any atom is 0.282 e. The summed E-state index contributed by atoms with van der Waals surface area (Å²) >= 11 is 0. The zero-order valence-electron chi connectivity index (χ0n) is 14.3. The quantitative estimate of drug-likeness (QED) is 0.754. The van der Waals surface area contributed by atoms with Crippen LogP contribution in [0, 0.1) is 0 Å². The standard InChI is InChI=1S/C18H21N3O4/c1-24-18(25-2)11-15(19-12-18)17(23)20-13-6-8-14(9-7-13)21-10-4-3-5-16(21)22/h3-10,15,19H,11-12H2,1-2H3,(H,20,23)/p+1/t15-/m1/s1. The van der Waals surface area contributed by atoms with Crippen LogP contribution in [-0.4, -0.2) is 43.1 Å². The van der Waals surface area contributed by atoms with E-state index in [1.807, 2.05) is 5.32 Å². The molecule has 1 aliphatic heterocycles. The molecule has 0 bridgehead atoms. The molecule has 3 N–H and O–H groups in total. The van der Waals surface area contributed by atoms with E-state index in [4.69, 9.17) is 9.47 Å². The molecule has 1 atom stereocenters. The number of ether oxygens (including phenoxy) is 2. The highest BCUT2D eigenvalue weighted by atomic mass is 16.7. The number of hydrogen-bond acceptors (Lipinski definition) is 4. The fraction of sp³-hybridized carbons (Fsp3) is 0.333. The lowest BCUT2D eigenvalue weighted by Gasteiger charge is -2.21. The summed E-state index contributed by atoms with van der Waals surface area (Å²) in [7, 11) is 3.17. The van der Waals surface area contributed by atoms with Crippen molar-refractivity contribution < 1.29 is 19.6 Å². The largest absolute Gasteiger partial charge is 0.348 e. The number of aromatic nitrogens is 1. The number of methoxy groups -OCH3 is 2. The summed E-state index contributed by atoms with van der Waals surface area (Å²) in [5.74, 6) is -0.805. The lowest BCUT2D eigenvalue weighted by atomic mass is 10.1. The van der Waals surface area contributed by atoms with Gasteiger partial charge in [-0.25, -0.2) is 0 Å². The van der Waals surface area contributed by atoms with Crippen LogP contribution in [0.4, 0.5) is 5.69 Å². The van der Waals surface area contributed by atoms with E-state index in [9.17, 15) is 9.59 Å². The third-order valence-corrected chi connectivity index (χ3v) is 4.56. The van der Waals surface area contributed by atoms with Gasteiger partial charge in [-0.2, -0.15) is 0 Å². The van der Waals surface area contributed by atoms with Crippen molar-refractivity contribution in [1.29, 1.82) is 0 Å². The minimum Gasteiger partial charge on any atom is -0.348 e. The number of amides is 1. The Morgan fingerprint density at radius 2 is 1.92 bits per heavy atom. The molecule has 0 aliphatic carbocycles. The first-order valence-electron chi connectivity index (χ1n) is 8.09. The van der Waals surface area contributed by atoms with Crippen LogP contribution in [0.2, 0.25) is 0 Å². The van der Waals surface area contributed by atoms with Crippen LogP contribution in [0.5, 0.6) is 0 Å². The van der Waals surface area contributed by atoms with Gasteiger partial charge in [-0.15, -0.1) is 0 Å². The highest BCUT2D eigenvalue weighted by Gasteiger charge is 2.46. The van der Waals surface area contributed by atoms with Gasteiger partial charge >= 0.3 is 0 Å². The normalized spacial score (nSPS) is 18.9. The van der Waals surface area contributed by atoms with Gasteiger partial charge in [0, 0.05) is 37.9 Å². The van der Waals surface area contributed by atoms with Gasteiger partial charge in [-0.3, -0.25) is 14.2 Å². The zero-order chi connectivity index (χ0) is 17.9. The van der Waals surface area contributed by atoms with E-state index in [1.54, 1.807) is 61.4 Å². The summed E-state index contributed by atoms with van der Waals surface area (Å²) < 4.78 is 12.3. The number of rotatable bonds is 5. The molecule has 1 amide bonds. The molecule has 0 unspecified atom stereocenters. The summed E-state index contributed by atoms with van der Waals surface area (Å²) in [6.45, 7) is 0.577. The van der Waals surface area contributed by atoms with E-state index in [0.717, 1.165) is 5.69 Å².